The van der Waals surface area contributed by atoms with E-state index in [1.807, 2.05) is 6.26 Å². The van der Waals surface area contributed by atoms with Gasteiger partial charge in [0.05, 0.1) is 6.04 Å². The quantitative estimate of drug-likeness (QED) is 0.672. The fraction of sp³-hybridized carbons (Fsp3) is 0.917. The molecule has 0 spiro atoms. The summed E-state index contributed by atoms with van der Waals surface area (Å²) in [5.74, 6) is 0.918. The third kappa shape index (κ3) is 5.27. The Morgan fingerprint density at radius 2 is 2.24 bits per heavy atom. The number of amides is 1. The van der Waals surface area contributed by atoms with E-state index in [2.05, 4.69) is 24.2 Å². The number of nitrogens with two attached hydrogens (primary N) is 1. The Hall–Kier alpha value is -0.260. The molecule has 1 rings (SSSR count). The number of likely N-dealkylation sites (N-methyl/N-ethyl adjacent to an activating group) is 1. The minimum atomic E-state index is -0.360. The first kappa shape index (κ1) is 14.8. The maximum absolute atomic E-state index is 11.7. The summed E-state index contributed by atoms with van der Waals surface area (Å²) in [6, 6.07) is 0.757. The van der Waals surface area contributed by atoms with Gasteiger partial charge in [-0.1, -0.05) is 0 Å². The molecule has 0 aromatic rings. The third-order valence-electron chi connectivity index (χ3n) is 3.36. The molecule has 0 aromatic carbocycles. The average Bonchev–Trinajstić information content (AvgIpc) is 3.15. The molecule has 3 N–H and O–H groups in total. The Kier molecular flexibility index (Phi) is 6.30. The summed E-state index contributed by atoms with van der Waals surface area (Å²) in [5.41, 5.74) is 5.80. The molecule has 1 saturated carbocycles. The second-order valence-electron chi connectivity index (χ2n) is 4.88. The topological polar surface area (TPSA) is 58.4 Å². The van der Waals surface area contributed by atoms with Crippen LogP contribution in [0.2, 0.25) is 0 Å². The van der Waals surface area contributed by atoms with E-state index in [1.54, 1.807) is 11.8 Å². The summed E-state index contributed by atoms with van der Waals surface area (Å²) in [5, 5.41) is 2.94. The van der Waals surface area contributed by atoms with Crippen molar-refractivity contribution in [2.75, 3.05) is 25.6 Å². The van der Waals surface area contributed by atoms with Crippen LogP contribution in [-0.4, -0.2) is 54.5 Å². The van der Waals surface area contributed by atoms with Gasteiger partial charge in [0.25, 0.3) is 0 Å². The summed E-state index contributed by atoms with van der Waals surface area (Å²) in [6.45, 7) is 2.84. The molecule has 2 atom stereocenters. The number of hydrogen-bond donors (Lipinski definition) is 2. The van der Waals surface area contributed by atoms with Gasteiger partial charge < -0.3 is 11.1 Å². The number of nitrogens with zero attached hydrogens (tertiary/aromatic N) is 1. The molecule has 0 bridgehead atoms. The highest BCUT2D eigenvalue weighted by atomic mass is 32.2. The van der Waals surface area contributed by atoms with E-state index < -0.39 is 0 Å². The fourth-order valence-electron chi connectivity index (χ4n) is 1.74. The zero-order chi connectivity index (χ0) is 12.8. The standard InChI is InChI=1S/C12H25N3OS/c1-9(15(2)10-4-5-10)8-14-12(16)11(13)6-7-17-3/h9-11H,4-8,13H2,1-3H3,(H,14,16)/t9?,11-/m0/s1. The minimum Gasteiger partial charge on any atom is -0.353 e. The number of hydrogen-bond acceptors (Lipinski definition) is 4. The summed E-state index contributed by atoms with van der Waals surface area (Å²) < 4.78 is 0. The summed E-state index contributed by atoms with van der Waals surface area (Å²) in [4.78, 5) is 14.0. The monoisotopic (exact) mass is 259 g/mol. The fourth-order valence-corrected chi connectivity index (χ4v) is 2.23. The molecule has 0 saturated heterocycles. The van der Waals surface area contributed by atoms with Crippen LogP contribution < -0.4 is 11.1 Å². The molecule has 4 nitrogen and oxygen atoms in total. The van der Waals surface area contributed by atoms with Gasteiger partial charge in [0.15, 0.2) is 0 Å². The van der Waals surface area contributed by atoms with Crippen LogP contribution >= 0.6 is 11.8 Å². The van der Waals surface area contributed by atoms with Crippen LogP contribution in [0.1, 0.15) is 26.2 Å². The highest BCUT2D eigenvalue weighted by Crippen LogP contribution is 2.26. The van der Waals surface area contributed by atoms with Crippen molar-refractivity contribution in [1.82, 2.24) is 10.2 Å². The molecule has 1 unspecified atom stereocenters. The predicted octanol–water partition coefficient (Wildman–Crippen LogP) is 0.666. The number of nitrogens with one attached hydrogen (secondary N) is 1. The van der Waals surface area contributed by atoms with E-state index in [9.17, 15) is 4.79 Å². The van der Waals surface area contributed by atoms with Crippen LogP contribution in [0.15, 0.2) is 0 Å². The van der Waals surface area contributed by atoms with Crippen LogP contribution in [-0.2, 0) is 4.79 Å². The lowest BCUT2D eigenvalue weighted by Crippen LogP contribution is -2.46. The van der Waals surface area contributed by atoms with Crippen molar-refractivity contribution in [2.45, 2.75) is 44.3 Å². The summed E-state index contributed by atoms with van der Waals surface area (Å²) in [7, 11) is 2.13. The smallest absolute Gasteiger partial charge is 0.237 e. The highest BCUT2D eigenvalue weighted by molar-refractivity contribution is 7.98. The Labute approximate surface area is 109 Å². The Bertz CT molecular complexity index is 246. The number of carbonyl (C=O) groups is 1. The van der Waals surface area contributed by atoms with Crippen LogP contribution in [0, 0.1) is 0 Å². The molecule has 0 aliphatic heterocycles. The molecular formula is C12H25N3OS. The zero-order valence-corrected chi connectivity index (χ0v) is 11.9. The van der Waals surface area contributed by atoms with E-state index in [0.29, 0.717) is 12.6 Å². The van der Waals surface area contributed by atoms with Crippen LogP contribution in [0.4, 0.5) is 0 Å². The van der Waals surface area contributed by atoms with Gasteiger partial charge >= 0.3 is 0 Å². The lowest BCUT2D eigenvalue weighted by Gasteiger charge is -2.25. The first-order valence-corrected chi connectivity index (χ1v) is 7.69. The molecule has 17 heavy (non-hydrogen) atoms. The third-order valence-corrected chi connectivity index (χ3v) is 4.00. The predicted molar refractivity (Wildman–Crippen MR) is 74.2 cm³/mol. The van der Waals surface area contributed by atoms with E-state index in [-0.39, 0.29) is 11.9 Å². The van der Waals surface area contributed by atoms with E-state index in [1.165, 1.54) is 12.8 Å². The van der Waals surface area contributed by atoms with Gasteiger partial charge in [0.2, 0.25) is 5.91 Å². The molecule has 0 aromatic heterocycles. The van der Waals surface area contributed by atoms with Gasteiger partial charge in [-0.25, -0.2) is 0 Å². The van der Waals surface area contributed by atoms with Crippen LogP contribution in [0.5, 0.6) is 0 Å². The van der Waals surface area contributed by atoms with Gasteiger partial charge in [0.1, 0.15) is 0 Å². The van der Waals surface area contributed by atoms with Crippen molar-refractivity contribution in [3.63, 3.8) is 0 Å². The van der Waals surface area contributed by atoms with Crippen molar-refractivity contribution >= 4 is 17.7 Å². The molecule has 5 heteroatoms. The first-order chi connectivity index (χ1) is 8.06. The Morgan fingerprint density at radius 1 is 1.59 bits per heavy atom. The zero-order valence-electron chi connectivity index (χ0n) is 11.1. The molecule has 0 radical (unpaired) electrons. The van der Waals surface area contributed by atoms with E-state index >= 15 is 0 Å². The van der Waals surface area contributed by atoms with Crippen LogP contribution in [0.3, 0.4) is 0 Å². The average molecular weight is 259 g/mol. The van der Waals surface area contributed by atoms with E-state index in [0.717, 1.165) is 18.2 Å². The normalized spacial score (nSPS) is 19.1. The number of thioether (sulfide) groups is 1. The molecule has 1 fully saturated rings. The first-order valence-electron chi connectivity index (χ1n) is 6.30. The summed E-state index contributed by atoms with van der Waals surface area (Å²) in [6.07, 6.45) is 5.36. The van der Waals surface area contributed by atoms with Crippen molar-refractivity contribution in [2.24, 2.45) is 5.73 Å². The Balaban J connectivity index is 2.17. The maximum Gasteiger partial charge on any atom is 0.237 e. The second-order valence-corrected chi connectivity index (χ2v) is 5.86. The second kappa shape index (κ2) is 7.24. The molecule has 1 aliphatic carbocycles. The van der Waals surface area contributed by atoms with E-state index in [4.69, 9.17) is 5.73 Å². The van der Waals surface area contributed by atoms with Crippen molar-refractivity contribution in [1.29, 1.82) is 0 Å². The highest BCUT2D eigenvalue weighted by Gasteiger charge is 2.29. The molecule has 1 amide bonds. The maximum atomic E-state index is 11.7. The number of rotatable bonds is 8. The summed E-state index contributed by atoms with van der Waals surface area (Å²) >= 11 is 1.72. The minimum absolute atomic E-state index is 0.0184. The molecule has 0 heterocycles. The van der Waals surface area contributed by atoms with Crippen molar-refractivity contribution in [3.05, 3.63) is 0 Å². The van der Waals surface area contributed by atoms with Gasteiger partial charge in [-0.2, -0.15) is 11.8 Å². The van der Waals surface area contributed by atoms with Crippen molar-refractivity contribution < 1.29 is 4.79 Å². The Morgan fingerprint density at radius 3 is 2.76 bits per heavy atom. The lowest BCUT2D eigenvalue weighted by atomic mass is 10.2. The SMILES string of the molecule is CSCC[C@H](N)C(=O)NCC(C)N(C)C1CC1. The largest absolute Gasteiger partial charge is 0.353 e. The van der Waals surface area contributed by atoms with Crippen molar-refractivity contribution in [3.8, 4) is 0 Å². The van der Waals surface area contributed by atoms with Gasteiger partial charge in [-0.15, -0.1) is 0 Å². The molecular weight excluding hydrogens is 234 g/mol. The lowest BCUT2D eigenvalue weighted by molar-refractivity contribution is -0.122. The molecule has 1 aliphatic rings. The van der Waals surface area contributed by atoms with Gasteiger partial charge in [0, 0.05) is 18.6 Å². The van der Waals surface area contributed by atoms with Gasteiger partial charge in [-0.3, -0.25) is 9.69 Å². The van der Waals surface area contributed by atoms with Gasteiger partial charge in [-0.05, 0) is 45.2 Å². The molecule has 100 valence electrons. The van der Waals surface area contributed by atoms with Crippen LogP contribution in [0.25, 0.3) is 0 Å². The number of carbonyl (C=O) groups excluding carboxylic acids is 1.